The minimum Gasteiger partial charge on any atom is -0.335 e. The number of nitrogens with zero attached hydrogens (tertiary/aromatic N) is 7. The van der Waals surface area contributed by atoms with Crippen molar-refractivity contribution in [3.8, 4) is 0 Å². The van der Waals surface area contributed by atoms with E-state index in [1.807, 2.05) is 16.5 Å². The second kappa shape index (κ2) is 7.77. The largest absolute Gasteiger partial charge is 0.335 e. The summed E-state index contributed by atoms with van der Waals surface area (Å²) in [6.45, 7) is 11.3. The van der Waals surface area contributed by atoms with Crippen molar-refractivity contribution in [2.45, 2.75) is 32.9 Å². The monoisotopic (exact) mass is 372 g/mol. The smallest absolute Gasteiger partial charge is 0.276 e. The minimum absolute atomic E-state index is 0.0348. The Morgan fingerprint density at radius 2 is 2.04 bits per heavy atom. The number of hydrogen-bond acceptors (Lipinski definition) is 6. The quantitative estimate of drug-likeness (QED) is 0.801. The highest BCUT2D eigenvalue weighted by molar-refractivity contribution is 5.92. The zero-order valence-electron chi connectivity index (χ0n) is 16.1. The summed E-state index contributed by atoms with van der Waals surface area (Å²) in [5.74, 6) is -0.0348. The first kappa shape index (κ1) is 18.1. The zero-order valence-corrected chi connectivity index (χ0v) is 16.1. The summed E-state index contributed by atoms with van der Waals surface area (Å²) >= 11 is 0. The third-order valence-electron chi connectivity index (χ3n) is 5.45. The van der Waals surface area contributed by atoms with Crippen LogP contribution in [0.15, 0.2) is 12.3 Å². The van der Waals surface area contributed by atoms with Crippen LogP contribution in [-0.2, 0) is 6.54 Å². The maximum Gasteiger partial charge on any atom is 0.276 e. The molecule has 1 amide bonds. The number of hydrogen-bond donors (Lipinski definition) is 1. The molecule has 2 fully saturated rings. The summed E-state index contributed by atoms with van der Waals surface area (Å²) in [6.07, 6.45) is 2.70. The Kier molecular flexibility index (Phi) is 5.22. The maximum absolute atomic E-state index is 12.8. The van der Waals surface area contributed by atoms with E-state index in [0.29, 0.717) is 12.2 Å². The van der Waals surface area contributed by atoms with E-state index in [4.69, 9.17) is 0 Å². The standard InChI is InChI=1S/C18H28N8O/c1-14-11-15(2)26(21-14)16-3-6-24(12-16)18(27)17-13-25(22-20-17)10-9-23-7-4-19-5-8-23/h11,13,16,19H,3-10,12H2,1-2H3/t16-/m0/s1. The zero-order chi connectivity index (χ0) is 18.8. The van der Waals surface area contributed by atoms with Crippen molar-refractivity contribution < 1.29 is 4.79 Å². The molecule has 0 unspecified atom stereocenters. The molecular formula is C18H28N8O. The third-order valence-corrected chi connectivity index (χ3v) is 5.45. The fraction of sp³-hybridized carbons (Fsp3) is 0.667. The Morgan fingerprint density at radius 1 is 1.22 bits per heavy atom. The maximum atomic E-state index is 12.8. The first-order valence-electron chi connectivity index (χ1n) is 9.75. The van der Waals surface area contributed by atoms with Crippen molar-refractivity contribution in [3.63, 3.8) is 0 Å². The molecule has 146 valence electrons. The Bertz CT molecular complexity index is 791. The summed E-state index contributed by atoms with van der Waals surface area (Å²) in [4.78, 5) is 17.1. The van der Waals surface area contributed by atoms with Crippen molar-refractivity contribution in [1.82, 2.24) is 39.9 Å². The van der Waals surface area contributed by atoms with Gasteiger partial charge in [-0.25, -0.2) is 0 Å². The fourth-order valence-corrected chi connectivity index (χ4v) is 3.99. The van der Waals surface area contributed by atoms with Crippen LogP contribution in [0, 0.1) is 13.8 Å². The number of aromatic nitrogens is 5. The van der Waals surface area contributed by atoms with Crippen molar-refractivity contribution in [2.75, 3.05) is 45.8 Å². The molecule has 4 heterocycles. The Balaban J connectivity index is 1.33. The molecular weight excluding hydrogens is 344 g/mol. The molecule has 9 nitrogen and oxygen atoms in total. The van der Waals surface area contributed by atoms with Crippen molar-refractivity contribution >= 4 is 5.91 Å². The molecule has 0 aromatic carbocycles. The summed E-state index contributed by atoms with van der Waals surface area (Å²) in [6, 6.07) is 2.32. The van der Waals surface area contributed by atoms with Crippen LogP contribution in [0.5, 0.6) is 0 Å². The first-order valence-corrected chi connectivity index (χ1v) is 9.75. The van der Waals surface area contributed by atoms with Gasteiger partial charge in [-0.1, -0.05) is 5.21 Å². The van der Waals surface area contributed by atoms with Crippen LogP contribution in [0.25, 0.3) is 0 Å². The molecule has 9 heteroatoms. The molecule has 0 aliphatic carbocycles. The number of rotatable bonds is 5. The van der Waals surface area contributed by atoms with Crippen LogP contribution >= 0.6 is 0 Å². The van der Waals surface area contributed by atoms with Gasteiger partial charge in [0.15, 0.2) is 5.69 Å². The molecule has 4 rings (SSSR count). The number of carbonyl (C=O) groups is 1. The van der Waals surface area contributed by atoms with Crippen LogP contribution in [0.3, 0.4) is 0 Å². The molecule has 2 aliphatic heterocycles. The SMILES string of the molecule is Cc1cc(C)n([C@H]2CCN(C(=O)c3cn(CCN4CCNCC4)nn3)C2)n1. The molecule has 27 heavy (non-hydrogen) atoms. The van der Waals surface area contributed by atoms with Crippen LogP contribution in [0.1, 0.15) is 34.3 Å². The lowest BCUT2D eigenvalue weighted by Crippen LogP contribution is -2.44. The average molecular weight is 372 g/mol. The van der Waals surface area contributed by atoms with Crippen LogP contribution < -0.4 is 5.32 Å². The van der Waals surface area contributed by atoms with Gasteiger partial charge in [0.25, 0.3) is 5.91 Å². The highest BCUT2D eigenvalue weighted by Gasteiger charge is 2.30. The van der Waals surface area contributed by atoms with E-state index in [-0.39, 0.29) is 11.9 Å². The van der Waals surface area contributed by atoms with Crippen LogP contribution in [0.2, 0.25) is 0 Å². The molecule has 2 aromatic rings. The molecule has 0 saturated carbocycles. The average Bonchev–Trinajstić information content (AvgIpc) is 3.40. The third kappa shape index (κ3) is 4.03. The Morgan fingerprint density at radius 3 is 2.78 bits per heavy atom. The van der Waals surface area contributed by atoms with Gasteiger partial charge < -0.3 is 10.2 Å². The van der Waals surface area contributed by atoms with E-state index in [9.17, 15) is 4.79 Å². The molecule has 0 radical (unpaired) electrons. The van der Waals surface area contributed by atoms with E-state index in [2.05, 4.69) is 38.6 Å². The second-order valence-electron chi connectivity index (χ2n) is 7.52. The number of carbonyl (C=O) groups excluding carboxylic acids is 1. The minimum atomic E-state index is -0.0348. The molecule has 1 N–H and O–H groups in total. The van der Waals surface area contributed by atoms with Gasteiger partial charge >= 0.3 is 0 Å². The van der Waals surface area contributed by atoms with E-state index in [1.165, 1.54) is 0 Å². The highest BCUT2D eigenvalue weighted by Crippen LogP contribution is 2.24. The number of aryl methyl sites for hydroxylation is 2. The molecule has 2 aromatic heterocycles. The van der Waals surface area contributed by atoms with Crippen molar-refractivity contribution in [1.29, 1.82) is 0 Å². The first-order chi connectivity index (χ1) is 13.1. The van der Waals surface area contributed by atoms with Gasteiger partial charge in [0.2, 0.25) is 0 Å². The lowest BCUT2D eigenvalue weighted by Gasteiger charge is -2.26. The molecule has 1 atom stereocenters. The topological polar surface area (TPSA) is 84.1 Å². The number of amides is 1. The second-order valence-corrected chi connectivity index (χ2v) is 7.52. The van der Waals surface area contributed by atoms with Gasteiger partial charge in [-0.3, -0.25) is 19.1 Å². The van der Waals surface area contributed by atoms with E-state index < -0.39 is 0 Å². The molecule has 2 aliphatic rings. The lowest BCUT2D eigenvalue weighted by atomic mass is 10.2. The van der Waals surface area contributed by atoms with E-state index in [1.54, 1.807) is 10.9 Å². The van der Waals surface area contributed by atoms with Gasteiger partial charge in [-0.05, 0) is 26.3 Å². The lowest BCUT2D eigenvalue weighted by molar-refractivity contribution is 0.0781. The van der Waals surface area contributed by atoms with E-state index >= 15 is 0 Å². The Hall–Kier alpha value is -2.26. The summed E-state index contributed by atoms with van der Waals surface area (Å²) in [7, 11) is 0. The summed E-state index contributed by atoms with van der Waals surface area (Å²) in [5.41, 5.74) is 2.60. The molecule has 0 spiro atoms. The summed E-state index contributed by atoms with van der Waals surface area (Å²) < 4.78 is 3.83. The highest BCUT2D eigenvalue weighted by atomic mass is 16.2. The predicted octanol–water partition coefficient (Wildman–Crippen LogP) is 0.0838. The summed E-state index contributed by atoms with van der Waals surface area (Å²) in [5, 5.41) is 16.2. The van der Waals surface area contributed by atoms with Crippen molar-refractivity contribution in [3.05, 3.63) is 29.3 Å². The predicted molar refractivity (Wildman–Crippen MR) is 101 cm³/mol. The van der Waals surface area contributed by atoms with Crippen LogP contribution in [0.4, 0.5) is 0 Å². The Labute approximate surface area is 159 Å². The number of piperazine rings is 1. The van der Waals surface area contributed by atoms with Gasteiger partial charge in [-0.2, -0.15) is 5.10 Å². The van der Waals surface area contributed by atoms with Crippen LogP contribution in [-0.4, -0.2) is 86.3 Å². The molecule has 2 saturated heterocycles. The number of likely N-dealkylation sites (tertiary alicyclic amines) is 1. The van der Waals surface area contributed by atoms with Gasteiger partial charge in [-0.15, -0.1) is 5.10 Å². The fourth-order valence-electron chi connectivity index (χ4n) is 3.99. The van der Waals surface area contributed by atoms with Gasteiger partial charge in [0, 0.05) is 51.5 Å². The number of nitrogens with one attached hydrogen (secondary N) is 1. The normalized spacial score (nSPS) is 21.1. The van der Waals surface area contributed by atoms with E-state index in [0.717, 1.165) is 63.6 Å². The van der Waals surface area contributed by atoms with Crippen molar-refractivity contribution in [2.24, 2.45) is 0 Å². The molecule has 0 bridgehead atoms. The van der Waals surface area contributed by atoms with Gasteiger partial charge in [0.1, 0.15) is 0 Å². The van der Waals surface area contributed by atoms with Gasteiger partial charge in [0.05, 0.1) is 24.5 Å².